The maximum absolute atomic E-state index is 12.0. The van der Waals surface area contributed by atoms with Crippen LogP contribution in [0, 0.1) is 0 Å². The first kappa shape index (κ1) is 15.9. The number of aryl methyl sites for hydroxylation is 1. The number of carbonyl (C=O) groups excluding carboxylic acids is 1. The molecule has 1 atom stereocenters. The maximum Gasteiger partial charge on any atom is 0.241 e. The molecule has 0 radical (unpaired) electrons. The zero-order chi connectivity index (χ0) is 15.2. The Hall–Kier alpha value is -1.44. The van der Waals surface area contributed by atoms with Gasteiger partial charge < -0.3 is 20.9 Å². The van der Waals surface area contributed by atoms with E-state index in [1.165, 1.54) is 0 Å². The summed E-state index contributed by atoms with van der Waals surface area (Å²) in [6.45, 7) is 6.16. The third-order valence-corrected chi connectivity index (χ3v) is 3.91. The van der Waals surface area contributed by atoms with Crippen LogP contribution < -0.4 is 11.1 Å². The zero-order valence-electron chi connectivity index (χ0n) is 13.0. The second kappa shape index (κ2) is 7.53. The fourth-order valence-electron chi connectivity index (χ4n) is 2.45. The van der Waals surface area contributed by atoms with E-state index in [1.807, 2.05) is 7.05 Å². The highest BCUT2D eigenvalue weighted by molar-refractivity contribution is 5.82. The molecule has 1 saturated heterocycles. The SMILES string of the molecule is CN1CCN(CCCNC(=O)C(N)c2cnn(C)c2)CC1. The molecule has 0 aromatic carbocycles. The summed E-state index contributed by atoms with van der Waals surface area (Å²) in [5.74, 6) is -0.138. The van der Waals surface area contributed by atoms with Gasteiger partial charge in [0.25, 0.3) is 0 Å². The Morgan fingerprint density at radius 2 is 2.10 bits per heavy atom. The molecule has 3 N–H and O–H groups in total. The van der Waals surface area contributed by atoms with Gasteiger partial charge in [0.15, 0.2) is 0 Å². The van der Waals surface area contributed by atoms with E-state index < -0.39 is 6.04 Å². The molecule has 7 nitrogen and oxygen atoms in total. The number of amides is 1. The van der Waals surface area contributed by atoms with Crippen LogP contribution >= 0.6 is 0 Å². The predicted molar refractivity (Wildman–Crippen MR) is 81.7 cm³/mol. The Bertz CT molecular complexity index is 452. The molecule has 0 spiro atoms. The number of likely N-dealkylation sites (N-methyl/N-ethyl adjacent to an activating group) is 1. The van der Waals surface area contributed by atoms with Crippen LogP contribution in [0.4, 0.5) is 0 Å². The number of rotatable bonds is 6. The fourth-order valence-corrected chi connectivity index (χ4v) is 2.45. The second-order valence-electron chi connectivity index (χ2n) is 5.71. The van der Waals surface area contributed by atoms with E-state index in [4.69, 9.17) is 5.73 Å². The summed E-state index contributed by atoms with van der Waals surface area (Å²) in [6, 6.07) is -0.637. The summed E-state index contributed by atoms with van der Waals surface area (Å²) in [6.07, 6.45) is 4.36. The van der Waals surface area contributed by atoms with E-state index in [1.54, 1.807) is 17.1 Å². The van der Waals surface area contributed by atoms with Gasteiger partial charge in [-0.15, -0.1) is 0 Å². The first-order chi connectivity index (χ1) is 10.1. The van der Waals surface area contributed by atoms with E-state index in [0.717, 1.165) is 44.7 Å². The number of hydrogen-bond donors (Lipinski definition) is 2. The monoisotopic (exact) mass is 294 g/mol. The van der Waals surface area contributed by atoms with E-state index in [-0.39, 0.29) is 5.91 Å². The second-order valence-corrected chi connectivity index (χ2v) is 5.71. The van der Waals surface area contributed by atoms with Gasteiger partial charge in [0, 0.05) is 51.5 Å². The first-order valence-electron chi connectivity index (χ1n) is 7.49. The van der Waals surface area contributed by atoms with Crippen LogP contribution in [0.15, 0.2) is 12.4 Å². The number of piperazine rings is 1. The van der Waals surface area contributed by atoms with Gasteiger partial charge in [-0.1, -0.05) is 0 Å². The molecular formula is C14H26N6O. The van der Waals surface area contributed by atoms with Crippen molar-refractivity contribution in [1.82, 2.24) is 24.9 Å². The molecule has 118 valence electrons. The number of nitrogens with two attached hydrogens (primary N) is 1. The highest BCUT2D eigenvalue weighted by Gasteiger charge is 2.17. The van der Waals surface area contributed by atoms with Gasteiger partial charge in [-0.05, 0) is 20.0 Å². The van der Waals surface area contributed by atoms with Crippen molar-refractivity contribution in [3.05, 3.63) is 18.0 Å². The van der Waals surface area contributed by atoms with Gasteiger partial charge in [-0.25, -0.2) is 0 Å². The van der Waals surface area contributed by atoms with E-state index in [2.05, 4.69) is 27.3 Å². The number of carbonyl (C=O) groups is 1. The molecule has 0 aliphatic carbocycles. The van der Waals surface area contributed by atoms with E-state index in [0.29, 0.717) is 6.54 Å². The zero-order valence-corrected chi connectivity index (χ0v) is 13.0. The Morgan fingerprint density at radius 1 is 1.38 bits per heavy atom. The summed E-state index contributed by atoms with van der Waals surface area (Å²) < 4.78 is 1.65. The lowest BCUT2D eigenvalue weighted by Crippen LogP contribution is -2.45. The molecule has 0 bridgehead atoms. The normalized spacial score (nSPS) is 18.6. The van der Waals surface area contributed by atoms with Crippen LogP contribution in [0.2, 0.25) is 0 Å². The topological polar surface area (TPSA) is 79.4 Å². The van der Waals surface area contributed by atoms with E-state index in [9.17, 15) is 4.79 Å². The van der Waals surface area contributed by atoms with Gasteiger partial charge in [0.1, 0.15) is 6.04 Å². The average Bonchev–Trinajstić information content (AvgIpc) is 2.91. The summed E-state index contributed by atoms with van der Waals surface area (Å²) in [5.41, 5.74) is 6.66. The molecule has 1 unspecified atom stereocenters. The van der Waals surface area contributed by atoms with Crippen LogP contribution in [-0.4, -0.2) is 71.8 Å². The van der Waals surface area contributed by atoms with Gasteiger partial charge in [-0.2, -0.15) is 5.10 Å². The lowest BCUT2D eigenvalue weighted by Gasteiger charge is -2.32. The molecule has 21 heavy (non-hydrogen) atoms. The summed E-state index contributed by atoms with van der Waals surface area (Å²) in [4.78, 5) is 16.7. The van der Waals surface area contributed by atoms with E-state index >= 15 is 0 Å². The van der Waals surface area contributed by atoms with Gasteiger partial charge in [0.2, 0.25) is 5.91 Å². The number of nitrogens with one attached hydrogen (secondary N) is 1. The minimum absolute atomic E-state index is 0.138. The Balaban J connectivity index is 1.63. The van der Waals surface area contributed by atoms with Crippen LogP contribution in [-0.2, 0) is 11.8 Å². The molecule has 1 aliphatic rings. The third-order valence-electron chi connectivity index (χ3n) is 3.91. The summed E-state index contributed by atoms with van der Waals surface area (Å²) >= 11 is 0. The molecule has 2 heterocycles. The molecule has 1 aromatic heterocycles. The Morgan fingerprint density at radius 3 is 2.71 bits per heavy atom. The maximum atomic E-state index is 12.0. The van der Waals surface area contributed by atoms with Crippen molar-refractivity contribution in [3.63, 3.8) is 0 Å². The standard InChI is InChI=1S/C14H26N6O/c1-18-6-8-20(9-7-18)5-3-4-16-14(21)13(15)12-10-17-19(2)11-12/h10-11,13H,3-9,15H2,1-2H3,(H,16,21). The molecular weight excluding hydrogens is 268 g/mol. The molecule has 1 amide bonds. The van der Waals surface area contributed by atoms with Crippen LogP contribution in [0.3, 0.4) is 0 Å². The lowest BCUT2D eigenvalue weighted by atomic mass is 10.1. The number of aromatic nitrogens is 2. The van der Waals surface area contributed by atoms with Crippen molar-refractivity contribution < 1.29 is 4.79 Å². The van der Waals surface area contributed by atoms with Gasteiger partial charge in [0.05, 0.1) is 6.20 Å². The van der Waals surface area contributed by atoms with Crippen molar-refractivity contribution in [2.75, 3.05) is 46.3 Å². The van der Waals surface area contributed by atoms with Gasteiger partial charge in [-0.3, -0.25) is 9.48 Å². The van der Waals surface area contributed by atoms with Crippen molar-refractivity contribution in [1.29, 1.82) is 0 Å². The number of nitrogens with zero attached hydrogens (tertiary/aromatic N) is 4. The largest absolute Gasteiger partial charge is 0.354 e. The minimum Gasteiger partial charge on any atom is -0.354 e. The minimum atomic E-state index is -0.637. The van der Waals surface area contributed by atoms with Crippen molar-refractivity contribution in [3.8, 4) is 0 Å². The van der Waals surface area contributed by atoms with Crippen molar-refractivity contribution >= 4 is 5.91 Å². The fraction of sp³-hybridized carbons (Fsp3) is 0.714. The Kier molecular flexibility index (Phi) is 5.72. The van der Waals surface area contributed by atoms with Crippen LogP contribution in [0.5, 0.6) is 0 Å². The quantitative estimate of drug-likeness (QED) is 0.670. The molecule has 1 aliphatic heterocycles. The van der Waals surface area contributed by atoms with Crippen molar-refractivity contribution in [2.45, 2.75) is 12.5 Å². The predicted octanol–water partition coefficient (Wildman–Crippen LogP) is -0.826. The van der Waals surface area contributed by atoms with Crippen LogP contribution in [0.25, 0.3) is 0 Å². The first-order valence-corrected chi connectivity index (χ1v) is 7.49. The summed E-state index contributed by atoms with van der Waals surface area (Å²) in [7, 11) is 3.96. The number of hydrogen-bond acceptors (Lipinski definition) is 5. The average molecular weight is 294 g/mol. The molecule has 7 heteroatoms. The van der Waals surface area contributed by atoms with Crippen LogP contribution in [0.1, 0.15) is 18.0 Å². The summed E-state index contributed by atoms with van der Waals surface area (Å²) in [5, 5.41) is 6.93. The smallest absolute Gasteiger partial charge is 0.241 e. The lowest BCUT2D eigenvalue weighted by molar-refractivity contribution is -0.122. The van der Waals surface area contributed by atoms with Gasteiger partial charge >= 0.3 is 0 Å². The highest BCUT2D eigenvalue weighted by Crippen LogP contribution is 2.08. The molecule has 2 rings (SSSR count). The molecule has 1 fully saturated rings. The molecule has 1 aromatic rings. The highest BCUT2D eigenvalue weighted by atomic mass is 16.2. The third kappa shape index (κ3) is 4.80. The Labute approximate surface area is 126 Å². The van der Waals surface area contributed by atoms with Crippen molar-refractivity contribution in [2.24, 2.45) is 12.8 Å². The molecule has 0 saturated carbocycles.